The van der Waals surface area contributed by atoms with Crippen LogP contribution in [-0.4, -0.2) is 35.0 Å². The fourth-order valence-corrected chi connectivity index (χ4v) is 2.14. The summed E-state index contributed by atoms with van der Waals surface area (Å²) < 4.78 is 0. The summed E-state index contributed by atoms with van der Waals surface area (Å²) in [5.41, 5.74) is 0.708. The zero-order valence-corrected chi connectivity index (χ0v) is 9.91. The van der Waals surface area contributed by atoms with E-state index in [2.05, 4.69) is 5.32 Å². The van der Waals surface area contributed by atoms with Crippen LogP contribution in [0.25, 0.3) is 0 Å². The minimum Gasteiger partial charge on any atom is -0.325 e. The average Bonchev–Trinajstić information content (AvgIpc) is 2.78. The third kappa shape index (κ3) is 3.04. The molecule has 1 aliphatic rings. The Hall–Kier alpha value is -1.95. The van der Waals surface area contributed by atoms with E-state index in [1.165, 1.54) is 0 Å². The highest BCUT2D eigenvalue weighted by Crippen LogP contribution is 2.17. The summed E-state index contributed by atoms with van der Waals surface area (Å²) >= 11 is 0. The molecule has 0 bridgehead atoms. The molecule has 1 unspecified atom stereocenters. The Morgan fingerprint density at radius 2 is 2.17 bits per heavy atom. The van der Waals surface area contributed by atoms with Crippen LogP contribution in [0.5, 0.6) is 0 Å². The van der Waals surface area contributed by atoms with Crippen LogP contribution in [0.1, 0.15) is 12.8 Å². The van der Waals surface area contributed by atoms with E-state index in [1.54, 1.807) is 17.0 Å². The number of rotatable bonds is 4. The fourth-order valence-electron chi connectivity index (χ4n) is 2.14. The molecule has 0 spiro atoms. The lowest BCUT2D eigenvalue weighted by atomic mass is 10.3. The number of para-hydroxylation sites is 1. The summed E-state index contributed by atoms with van der Waals surface area (Å²) in [6, 6.07) is 9.08. The molecule has 1 saturated heterocycles. The summed E-state index contributed by atoms with van der Waals surface area (Å²) in [7, 11) is 0. The summed E-state index contributed by atoms with van der Waals surface area (Å²) in [6.45, 7) is 0.675. The molecule has 2 rings (SSSR count). The van der Waals surface area contributed by atoms with Gasteiger partial charge in [-0.2, -0.15) is 0 Å². The van der Waals surface area contributed by atoms with E-state index < -0.39 is 6.17 Å². The number of benzene rings is 1. The van der Waals surface area contributed by atoms with Crippen molar-refractivity contribution in [3.8, 4) is 0 Å². The molecule has 1 amide bonds. The van der Waals surface area contributed by atoms with E-state index in [-0.39, 0.29) is 17.4 Å². The molecule has 0 aromatic heterocycles. The molecule has 1 aromatic rings. The third-order valence-electron chi connectivity index (χ3n) is 2.98. The SMILES string of the molecule is O=C(CN1CCCC1[N+](=O)[O-])Nc1ccccc1. The van der Waals surface area contributed by atoms with Gasteiger partial charge in [0.25, 0.3) is 6.17 Å². The lowest BCUT2D eigenvalue weighted by molar-refractivity contribution is -0.545. The first kappa shape index (κ1) is 12.5. The van der Waals surface area contributed by atoms with Gasteiger partial charge in [-0.25, -0.2) is 4.90 Å². The number of hydrogen-bond donors (Lipinski definition) is 1. The zero-order chi connectivity index (χ0) is 13.0. The van der Waals surface area contributed by atoms with Gasteiger partial charge in [-0.3, -0.25) is 14.9 Å². The summed E-state index contributed by atoms with van der Waals surface area (Å²) in [5, 5.41) is 13.5. The van der Waals surface area contributed by atoms with Crippen molar-refractivity contribution in [1.82, 2.24) is 4.90 Å². The van der Waals surface area contributed by atoms with Crippen LogP contribution >= 0.6 is 0 Å². The lowest BCUT2D eigenvalue weighted by Gasteiger charge is -2.17. The highest BCUT2D eigenvalue weighted by Gasteiger charge is 2.34. The Balaban J connectivity index is 1.90. The van der Waals surface area contributed by atoms with Crippen molar-refractivity contribution in [3.05, 3.63) is 40.4 Å². The van der Waals surface area contributed by atoms with Gasteiger partial charge in [-0.05, 0) is 18.6 Å². The molecule has 1 atom stereocenters. The topological polar surface area (TPSA) is 75.5 Å². The molecule has 1 aromatic carbocycles. The number of nitro groups is 1. The number of carbonyl (C=O) groups is 1. The standard InChI is InChI=1S/C12H15N3O3/c16-11(13-10-5-2-1-3-6-10)9-14-8-4-7-12(14)15(17)18/h1-3,5-6,12H,4,7-9H2,(H,13,16). The Morgan fingerprint density at radius 3 is 2.83 bits per heavy atom. The predicted molar refractivity (Wildman–Crippen MR) is 66.7 cm³/mol. The fraction of sp³-hybridized carbons (Fsp3) is 0.417. The number of likely N-dealkylation sites (tertiary alicyclic amines) is 1. The Labute approximate surface area is 105 Å². The summed E-state index contributed by atoms with van der Waals surface area (Å²) in [5.74, 6) is -0.213. The van der Waals surface area contributed by atoms with Gasteiger partial charge in [-0.1, -0.05) is 18.2 Å². The number of nitrogens with zero attached hydrogens (tertiary/aromatic N) is 2. The monoisotopic (exact) mass is 249 g/mol. The van der Waals surface area contributed by atoms with E-state index in [0.29, 0.717) is 18.7 Å². The average molecular weight is 249 g/mol. The van der Waals surface area contributed by atoms with Crippen molar-refractivity contribution in [2.75, 3.05) is 18.4 Å². The smallest absolute Gasteiger partial charge is 0.268 e. The van der Waals surface area contributed by atoms with Crippen LogP contribution in [0.15, 0.2) is 30.3 Å². The van der Waals surface area contributed by atoms with E-state index in [4.69, 9.17) is 0 Å². The van der Waals surface area contributed by atoms with Gasteiger partial charge in [0, 0.05) is 23.6 Å². The molecule has 6 nitrogen and oxygen atoms in total. The highest BCUT2D eigenvalue weighted by molar-refractivity contribution is 5.92. The molecule has 1 heterocycles. The first-order valence-corrected chi connectivity index (χ1v) is 5.89. The van der Waals surface area contributed by atoms with Crippen LogP contribution in [-0.2, 0) is 4.79 Å². The molecule has 1 fully saturated rings. The molecular weight excluding hydrogens is 234 g/mol. The first-order chi connectivity index (χ1) is 8.66. The van der Waals surface area contributed by atoms with Crippen molar-refractivity contribution in [2.24, 2.45) is 0 Å². The number of nitrogens with one attached hydrogen (secondary N) is 1. The number of carbonyl (C=O) groups excluding carboxylic acids is 1. The van der Waals surface area contributed by atoms with Crippen LogP contribution < -0.4 is 5.32 Å². The minimum absolute atomic E-state index is 0.0700. The van der Waals surface area contributed by atoms with Crippen molar-refractivity contribution >= 4 is 11.6 Å². The number of anilines is 1. The molecule has 0 radical (unpaired) electrons. The molecular formula is C12H15N3O3. The van der Waals surface area contributed by atoms with Gasteiger partial charge in [0.2, 0.25) is 5.91 Å². The second-order valence-corrected chi connectivity index (χ2v) is 4.29. The molecule has 1 aliphatic heterocycles. The zero-order valence-electron chi connectivity index (χ0n) is 9.91. The van der Waals surface area contributed by atoms with E-state index in [1.807, 2.05) is 18.2 Å². The minimum atomic E-state index is -0.716. The summed E-state index contributed by atoms with van der Waals surface area (Å²) in [6.07, 6.45) is 0.571. The lowest BCUT2D eigenvalue weighted by Crippen LogP contribution is -2.40. The van der Waals surface area contributed by atoms with Crippen LogP contribution in [0, 0.1) is 10.1 Å². The second kappa shape index (κ2) is 5.59. The third-order valence-corrected chi connectivity index (χ3v) is 2.98. The molecule has 0 aliphatic carbocycles. The maximum atomic E-state index is 11.8. The van der Waals surface area contributed by atoms with Crippen LogP contribution in [0.2, 0.25) is 0 Å². The quantitative estimate of drug-likeness (QED) is 0.645. The Kier molecular flexibility index (Phi) is 3.88. The molecule has 0 saturated carbocycles. The second-order valence-electron chi connectivity index (χ2n) is 4.29. The van der Waals surface area contributed by atoms with Gasteiger partial charge >= 0.3 is 0 Å². The van der Waals surface area contributed by atoms with Gasteiger partial charge < -0.3 is 5.32 Å². The maximum absolute atomic E-state index is 11.8. The molecule has 96 valence electrons. The normalized spacial score (nSPS) is 19.7. The number of amides is 1. The maximum Gasteiger partial charge on any atom is 0.268 e. The largest absolute Gasteiger partial charge is 0.325 e. The summed E-state index contributed by atoms with van der Waals surface area (Å²) in [4.78, 5) is 23.8. The first-order valence-electron chi connectivity index (χ1n) is 5.89. The van der Waals surface area contributed by atoms with Gasteiger partial charge in [0.15, 0.2) is 0 Å². The predicted octanol–water partition coefficient (Wildman–Crippen LogP) is 1.32. The van der Waals surface area contributed by atoms with Gasteiger partial charge in [-0.15, -0.1) is 0 Å². The van der Waals surface area contributed by atoms with Gasteiger partial charge in [0.1, 0.15) is 0 Å². The van der Waals surface area contributed by atoms with Crippen molar-refractivity contribution in [1.29, 1.82) is 0 Å². The Morgan fingerprint density at radius 1 is 1.44 bits per heavy atom. The van der Waals surface area contributed by atoms with Crippen molar-refractivity contribution in [3.63, 3.8) is 0 Å². The van der Waals surface area contributed by atoms with E-state index in [9.17, 15) is 14.9 Å². The van der Waals surface area contributed by atoms with E-state index in [0.717, 1.165) is 6.42 Å². The van der Waals surface area contributed by atoms with Crippen LogP contribution in [0.3, 0.4) is 0 Å². The van der Waals surface area contributed by atoms with Crippen molar-refractivity contribution in [2.45, 2.75) is 19.0 Å². The highest BCUT2D eigenvalue weighted by atomic mass is 16.6. The Bertz CT molecular complexity index is 435. The molecule has 18 heavy (non-hydrogen) atoms. The molecule has 6 heteroatoms. The van der Waals surface area contributed by atoms with Gasteiger partial charge in [0.05, 0.1) is 6.54 Å². The van der Waals surface area contributed by atoms with Crippen LogP contribution in [0.4, 0.5) is 5.69 Å². The number of hydrogen-bond acceptors (Lipinski definition) is 4. The molecule has 1 N–H and O–H groups in total. The van der Waals surface area contributed by atoms with E-state index >= 15 is 0 Å². The van der Waals surface area contributed by atoms with Crippen molar-refractivity contribution < 1.29 is 9.72 Å².